The van der Waals surface area contributed by atoms with Crippen molar-refractivity contribution in [3.8, 4) is 11.5 Å². The Balaban J connectivity index is 1.77. The molecule has 1 fully saturated rings. The molecule has 1 N–H and O–H groups in total. The molecule has 0 bridgehead atoms. The minimum absolute atomic E-state index is 0.0595. The Morgan fingerprint density at radius 2 is 2.10 bits per heavy atom. The molecule has 0 saturated carbocycles. The average Bonchev–Trinajstić information content (AvgIpc) is 2.84. The maximum atomic E-state index is 9.77. The second-order valence-electron chi connectivity index (χ2n) is 5.64. The summed E-state index contributed by atoms with van der Waals surface area (Å²) in [5, 5.41) is 9.77. The van der Waals surface area contributed by atoms with Crippen LogP contribution in [0, 0.1) is 0 Å². The van der Waals surface area contributed by atoms with E-state index in [1.165, 1.54) is 0 Å². The van der Waals surface area contributed by atoms with Gasteiger partial charge in [0.05, 0.1) is 31.5 Å². The third-order valence-corrected chi connectivity index (χ3v) is 3.48. The summed E-state index contributed by atoms with van der Waals surface area (Å²) in [6, 6.07) is 7.72. The predicted octanol–water partition coefficient (Wildman–Crippen LogP) is 1.54. The molecule has 0 aliphatic carbocycles. The van der Waals surface area contributed by atoms with Crippen molar-refractivity contribution in [2.24, 2.45) is 0 Å². The van der Waals surface area contributed by atoms with E-state index in [-0.39, 0.29) is 12.1 Å². The van der Waals surface area contributed by atoms with Crippen molar-refractivity contribution < 1.29 is 19.3 Å². The molecule has 2 atom stereocenters. The molecule has 0 amide bonds. The van der Waals surface area contributed by atoms with Crippen LogP contribution in [-0.2, 0) is 4.74 Å². The summed E-state index contributed by atoms with van der Waals surface area (Å²) >= 11 is 0. The molecule has 1 aliphatic rings. The molecule has 1 saturated heterocycles. The standard InChI is InChI=1S/C16H25NO4/c1-12(2)21-14-6-4-5-13(9-14)20-8-7-17(3)15-10-19-11-16(15)18/h4-6,9,12,15-16,18H,7-8,10-11H2,1-3H3/t15-,16-/m0/s1. The van der Waals surface area contributed by atoms with E-state index in [0.29, 0.717) is 19.8 Å². The molecule has 1 heterocycles. The third kappa shape index (κ3) is 4.88. The van der Waals surface area contributed by atoms with Crippen molar-refractivity contribution in [1.29, 1.82) is 0 Å². The second kappa shape index (κ2) is 7.64. The maximum absolute atomic E-state index is 9.77. The highest BCUT2D eigenvalue weighted by Gasteiger charge is 2.29. The lowest BCUT2D eigenvalue weighted by molar-refractivity contribution is 0.0882. The van der Waals surface area contributed by atoms with Crippen LogP contribution >= 0.6 is 0 Å². The molecule has 21 heavy (non-hydrogen) atoms. The monoisotopic (exact) mass is 295 g/mol. The molecule has 1 aromatic carbocycles. The number of aliphatic hydroxyl groups excluding tert-OH is 1. The first-order valence-electron chi connectivity index (χ1n) is 7.42. The lowest BCUT2D eigenvalue weighted by atomic mass is 10.2. The van der Waals surface area contributed by atoms with Gasteiger partial charge in [0.25, 0.3) is 0 Å². The Morgan fingerprint density at radius 1 is 1.33 bits per heavy atom. The summed E-state index contributed by atoms with van der Waals surface area (Å²) in [7, 11) is 1.98. The molecule has 0 aromatic heterocycles. The highest BCUT2D eigenvalue weighted by Crippen LogP contribution is 2.20. The first-order chi connectivity index (χ1) is 10.1. The van der Waals surface area contributed by atoms with Gasteiger partial charge in [0.1, 0.15) is 18.1 Å². The lowest BCUT2D eigenvalue weighted by Crippen LogP contribution is -2.42. The van der Waals surface area contributed by atoms with E-state index in [0.717, 1.165) is 18.0 Å². The zero-order valence-corrected chi connectivity index (χ0v) is 13.0. The predicted molar refractivity (Wildman–Crippen MR) is 80.9 cm³/mol. The van der Waals surface area contributed by atoms with Crippen LogP contribution in [0.15, 0.2) is 24.3 Å². The largest absolute Gasteiger partial charge is 0.492 e. The summed E-state index contributed by atoms with van der Waals surface area (Å²) < 4.78 is 16.6. The van der Waals surface area contributed by atoms with Gasteiger partial charge in [-0.1, -0.05) is 6.07 Å². The number of hydrogen-bond acceptors (Lipinski definition) is 5. The molecular formula is C16H25NO4. The quantitative estimate of drug-likeness (QED) is 0.827. The number of nitrogens with zero attached hydrogens (tertiary/aromatic N) is 1. The number of likely N-dealkylation sites (N-methyl/N-ethyl adjacent to an activating group) is 1. The smallest absolute Gasteiger partial charge is 0.123 e. The zero-order valence-electron chi connectivity index (χ0n) is 13.0. The molecular weight excluding hydrogens is 270 g/mol. The summed E-state index contributed by atoms with van der Waals surface area (Å²) in [6.45, 7) is 6.29. The number of ether oxygens (including phenoxy) is 3. The molecule has 0 unspecified atom stereocenters. The van der Waals surface area contributed by atoms with Gasteiger partial charge in [0.15, 0.2) is 0 Å². The van der Waals surface area contributed by atoms with Gasteiger partial charge in [-0.25, -0.2) is 0 Å². The Morgan fingerprint density at radius 3 is 2.76 bits per heavy atom. The van der Waals surface area contributed by atoms with Gasteiger partial charge >= 0.3 is 0 Å². The highest BCUT2D eigenvalue weighted by atomic mass is 16.5. The fourth-order valence-corrected chi connectivity index (χ4v) is 2.34. The Labute approximate surface area is 126 Å². The van der Waals surface area contributed by atoms with Gasteiger partial charge in [0.2, 0.25) is 0 Å². The van der Waals surface area contributed by atoms with Crippen LogP contribution in [0.1, 0.15) is 13.8 Å². The summed E-state index contributed by atoms with van der Waals surface area (Å²) in [5.41, 5.74) is 0. The number of aliphatic hydroxyl groups is 1. The van der Waals surface area contributed by atoms with Gasteiger partial charge in [-0.2, -0.15) is 0 Å². The van der Waals surface area contributed by atoms with Crippen LogP contribution in [0.5, 0.6) is 11.5 Å². The van der Waals surface area contributed by atoms with Crippen molar-refractivity contribution in [2.45, 2.75) is 32.1 Å². The summed E-state index contributed by atoms with van der Waals surface area (Å²) in [5.74, 6) is 1.61. The first kappa shape index (κ1) is 16.1. The van der Waals surface area contributed by atoms with E-state index >= 15 is 0 Å². The molecule has 5 heteroatoms. The third-order valence-electron chi connectivity index (χ3n) is 3.48. The van der Waals surface area contributed by atoms with Gasteiger partial charge in [-0.15, -0.1) is 0 Å². The van der Waals surface area contributed by atoms with Crippen LogP contribution < -0.4 is 9.47 Å². The zero-order chi connectivity index (χ0) is 15.2. The van der Waals surface area contributed by atoms with Crippen molar-refractivity contribution in [3.63, 3.8) is 0 Å². The fraction of sp³-hybridized carbons (Fsp3) is 0.625. The molecule has 2 rings (SSSR count). The minimum atomic E-state index is -0.405. The van der Waals surface area contributed by atoms with E-state index in [9.17, 15) is 5.11 Å². The van der Waals surface area contributed by atoms with E-state index < -0.39 is 6.10 Å². The van der Waals surface area contributed by atoms with Crippen LogP contribution in [0.3, 0.4) is 0 Å². The fourth-order valence-electron chi connectivity index (χ4n) is 2.34. The number of hydrogen-bond donors (Lipinski definition) is 1. The lowest BCUT2D eigenvalue weighted by Gasteiger charge is -2.25. The first-order valence-corrected chi connectivity index (χ1v) is 7.42. The van der Waals surface area contributed by atoms with E-state index in [4.69, 9.17) is 14.2 Å². The molecule has 0 spiro atoms. The average molecular weight is 295 g/mol. The van der Waals surface area contributed by atoms with Crippen molar-refractivity contribution >= 4 is 0 Å². The molecule has 5 nitrogen and oxygen atoms in total. The molecule has 1 aromatic rings. The van der Waals surface area contributed by atoms with Crippen molar-refractivity contribution in [1.82, 2.24) is 4.90 Å². The van der Waals surface area contributed by atoms with Crippen LogP contribution in [0.25, 0.3) is 0 Å². The van der Waals surface area contributed by atoms with Crippen LogP contribution in [-0.4, -0.2) is 61.7 Å². The number of rotatable bonds is 7. The molecule has 0 radical (unpaired) electrons. The molecule has 118 valence electrons. The van der Waals surface area contributed by atoms with Crippen molar-refractivity contribution in [3.05, 3.63) is 24.3 Å². The minimum Gasteiger partial charge on any atom is -0.492 e. The van der Waals surface area contributed by atoms with E-state index in [1.807, 2.05) is 45.2 Å². The Kier molecular flexibility index (Phi) is 5.85. The Bertz CT molecular complexity index is 438. The summed E-state index contributed by atoms with van der Waals surface area (Å²) in [4.78, 5) is 2.08. The Hall–Kier alpha value is -1.30. The topological polar surface area (TPSA) is 51.2 Å². The van der Waals surface area contributed by atoms with Gasteiger partial charge in [-0.3, -0.25) is 4.90 Å². The normalized spacial score (nSPS) is 22.0. The van der Waals surface area contributed by atoms with Crippen molar-refractivity contribution in [2.75, 3.05) is 33.4 Å². The molecule has 1 aliphatic heterocycles. The van der Waals surface area contributed by atoms with E-state index in [1.54, 1.807) is 0 Å². The second-order valence-corrected chi connectivity index (χ2v) is 5.64. The van der Waals surface area contributed by atoms with Gasteiger partial charge < -0.3 is 19.3 Å². The van der Waals surface area contributed by atoms with Gasteiger partial charge in [-0.05, 0) is 33.0 Å². The summed E-state index contributed by atoms with van der Waals surface area (Å²) in [6.07, 6.45) is -0.256. The number of benzene rings is 1. The highest BCUT2D eigenvalue weighted by molar-refractivity contribution is 5.33. The van der Waals surface area contributed by atoms with E-state index in [2.05, 4.69) is 4.90 Å². The van der Waals surface area contributed by atoms with Gasteiger partial charge in [0, 0.05) is 12.6 Å². The SMILES string of the molecule is CC(C)Oc1cccc(OCCN(C)[C@H]2COC[C@@H]2O)c1. The van der Waals surface area contributed by atoms with Crippen LogP contribution in [0.2, 0.25) is 0 Å². The maximum Gasteiger partial charge on any atom is 0.123 e. The van der Waals surface area contributed by atoms with Crippen LogP contribution in [0.4, 0.5) is 0 Å².